The molecule has 1 aliphatic rings. The lowest BCUT2D eigenvalue weighted by atomic mass is 10.3. The van der Waals surface area contributed by atoms with Gasteiger partial charge in [-0.3, -0.25) is 24.4 Å². The number of carbonyl (C=O) groups excluding carboxylic acids is 4. The largest absolute Gasteiger partial charge is 0.466 e. The van der Waals surface area contributed by atoms with Gasteiger partial charge in [0.05, 0.1) is 18.2 Å². The molecule has 14 heteroatoms. The van der Waals surface area contributed by atoms with Crippen molar-refractivity contribution >= 4 is 44.2 Å². The topological polar surface area (TPSA) is 142 Å². The summed E-state index contributed by atoms with van der Waals surface area (Å²) in [5.41, 5.74) is 0. The van der Waals surface area contributed by atoms with Crippen LogP contribution in [-0.4, -0.2) is 74.8 Å². The summed E-state index contributed by atoms with van der Waals surface area (Å²) in [6.45, 7) is 6.57. The van der Waals surface area contributed by atoms with E-state index in [-0.39, 0.29) is 29.9 Å². The second-order valence-electron chi connectivity index (χ2n) is 9.26. The smallest absolute Gasteiger partial charge is 0.323 e. The van der Waals surface area contributed by atoms with Gasteiger partial charge in [-0.25, -0.2) is 4.79 Å². The third-order valence-electron chi connectivity index (χ3n) is 5.58. The van der Waals surface area contributed by atoms with Crippen LogP contribution in [0.5, 0.6) is 5.75 Å². The average molecular weight is 658 g/mol. The van der Waals surface area contributed by atoms with Crippen LogP contribution >= 0.6 is 19.9 Å². The Kier molecular flexibility index (Phi) is 21.6. The van der Waals surface area contributed by atoms with Crippen LogP contribution < -0.4 is 14.9 Å². The molecule has 1 heterocycles. The summed E-state index contributed by atoms with van der Waals surface area (Å²) >= 11 is 5.76. The first-order valence-electron chi connectivity index (χ1n) is 14.5. The maximum atomic E-state index is 12.2. The summed E-state index contributed by atoms with van der Waals surface area (Å²) in [5.74, 6) is 0.0692. The number of rotatable bonds is 19. The first-order chi connectivity index (χ1) is 21.2. The minimum Gasteiger partial charge on any atom is -0.466 e. The molecule has 2 N–H and O–H groups in total. The Bertz CT molecular complexity index is 1050. The number of halogens is 1. The van der Waals surface area contributed by atoms with Crippen molar-refractivity contribution in [1.82, 2.24) is 15.3 Å². The molecule has 1 aromatic rings. The first-order valence-corrected chi connectivity index (χ1v) is 16.4. The van der Waals surface area contributed by atoms with Gasteiger partial charge >= 0.3 is 18.0 Å². The Hall–Kier alpha value is -3.02. The molecule has 44 heavy (non-hydrogen) atoms. The van der Waals surface area contributed by atoms with E-state index in [1.54, 1.807) is 24.3 Å². The molecule has 0 fully saturated rings. The number of allylic oxidation sites excluding steroid dienone is 1. The van der Waals surface area contributed by atoms with Gasteiger partial charge in [0.1, 0.15) is 18.6 Å². The minimum absolute atomic E-state index is 0.0303. The summed E-state index contributed by atoms with van der Waals surface area (Å²) in [7, 11) is 0.0155. The highest BCUT2D eigenvalue weighted by Crippen LogP contribution is 2.35. The van der Waals surface area contributed by atoms with Gasteiger partial charge in [0.15, 0.2) is 27.1 Å². The van der Waals surface area contributed by atoms with Gasteiger partial charge in [-0.1, -0.05) is 69.3 Å². The number of ether oxygens (including phenoxy) is 4. The lowest BCUT2D eigenvalue weighted by Gasteiger charge is -2.25. The van der Waals surface area contributed by atoms with Gasteiger partial charge in [0, 0.05) is 20.2 Å². The number of nitrogens with zero attached hydrogens (tertiary/aromatic N) is 1. The summed E-state index contributed by atoms with van der Waals surface area (Å²) in [6, 6.07) is 8.62. The second-order valence-corrected chi connectivity index (χ2v) is 11.2. The molecular weight excluding hydrogens is 613 g/mol. The molecule has 3 unspecified atom stereocenters. The van der Waals surface area contributed by atoms with E-state index < -0.39 is 26.8 Å². The van der Waals surface area contributed by atoms with Crippen molar-refractivity contribution in [2.24, 2.45) is 0 Å². The predicted molar refractivity (Wildman–Crippen MR) is 169 cm³/mol. The minimum atomic E-state index is -1.43. The Morgan fingerprint density at radius 1 is 1.02 bits per heavy atom. The molecule has 0 spiro atoms. The lowest BCUT2D eigenvalue weighted by molar-refractivity contribution is -0.142. The van der Waals surface area contributed by atoms with Gasteiger partial charge in [-0.2, -0.15) is 0 Å². The number of urea groups is 1. The van der Waals surface area contributed by atoms with Gasteiger partial charge < -0.3 is 28.8 Å². The van der Waals surface area contributed by atoms with E-state index in [0.717, 1.165) is 37.0 Å². The van der Waals surface area contributed by atoms with E-state index in [4.69, 9.17) is 35.1 Å². The van der Waals surface area contributed by atoms with Crippen molar-refractivity contribution in [1.29, 1.82) is 0 Å². The van der Waals surface area contributed by atoms with Crippen LogP contribution in [0.2, 0.25) is 0 Å². The van der Waals surface area contributed by atoms with Crippen LogP contribution in [0.1, 0.15) is 59.3 Å². The van der Waals surface area contributed by atoms with Gasteiger partial charge in [-0.15, -0.1) is 0 Å². The van der Waals surface area contributed by atoms with Crippen LogP contribution in [0.25, 0.3) is 0 Å². The number of amides is 2. The number of esters is 2. The molecule has 246 valence electrons. The normalized spacial score (nSPS) is 16.2. The zero-order valence-corrected chi connectivity index (χ0v) is 27.5. The number of hydrogen-bond acceptors (Lipinski definition) is 10. The Balaban J connectivity index is 0.000000930. The van der Waals surface area contributed by atoms with Gasteiger partial charge in [-0.05, 0) is 37.1 Å². The molecule has 0 aliphatic carbocycles. The second kappa shape index (κ2) is 24.3. The van der Waals surface area contributed by atoms with Crippen molar-refractivity contribution in [3.05, 3.63) is 53.7 Å². The average Bonchev–Trinajstić information content (AvgIpc) is 3.50. The van der Waals surface area contributed by atoms with E-state index >= 15 is 0 Å². The number of para-hydroxylation sites is 1. The van der Waals surface area contributed by atoms with Crippen molar-refractivity contribution in [3.8, 4) is 5.75 Å². The molecule has 0 saturated heterocycles. The van der Waals surface area contributed by atoms with Gasteiger partial charge in [0.2, 0.25) is 0 Å². The Labute approximate surface area is 266 Å². The fourth-order valence-corrected chi connectivity index (χ4v) is 4.65. The van der Waals surface area contributed by atoms with Crippen LogP contribution in [0.15, 0.2) is 53.7 Å². The molecule has 0 bridgehead atoms. The molecule has 2 amide bonds. The Morgan fingerprint density at radius 2 is 1.68 bits per heavy atom. The van der Waals surface area contributed by atoms with Crippen molar-refractivity contribution in [2.75, 3.05) is 33.2 Å². The van der Waals surface area contributed by atoms with E-state index in [2.05, 4.69) is 24.3 Å². The summed E-state index contributed by atoms with van der Waals surface area (Å²) < 4.78 is 27.4. The zero-order valence-electron chi connectivity index (χ0n) is 25.9. The summed E-state index contributed by atoms with van der Waals surface area (Å²) in [4.78, 5) is 46.4. The van der Waals surface area contributed by atoms with E-state index in [9.17, 15) is 19.2 Å². The van der Waals surface area contributed by atoms with Crippen molar-refractivity contribution < 1.29 is 42.6 Å². The molecule has 3 atom stereocenters. The molecule has 0 saturated carbocycles. The molecule has 0 aromatic heterocycles. The number of nitrogens with one attached hydrogen (secondary N) is 2. The molecule has 2 rings (SSSR count). The molecular formula is C30H45ClN3O9P. The number of unbranched alkanes of at least 4 members (excludes halogenated alkanes) is 4. The summed E-state index contributed by atoms with van der Waals surface area (Å²) in [6.07, 6.45) is 9.46. The third kappa shape index (κ3) is 17.9. The fourth-order valence-electron chi connectivity index (χ4n) is 3.37. The van der Waals surface area contributed by atoms with Crippen LogP contribution in [0.4, 0.5) is 4.79 Å². The zero-order chi connectivity index (χ0) is 32.6. The maximum absolute atomic E-state index is 12.2. The molecule has 12 nitrogen and oxygen atoms in total. The fraction of sp³-hybridized carbons (Fsp3) is 0.533. The standard InChI is InChI=1S/C23H31ClN3O7P.C7H14O2/c1-3-4-8-13-31-21(29)14-26-35(34-19-9-6-5-7-10-19)17-32-22-12-11-20(33-22)27(23(30)25-2)15-18(24)16-28;1-3-4-5-6-9-7(2)8/h5-7,9-12,15-16,20,22,26H,3-4,8,13-14,17H2,1-2H3,(H,25,30);3-6H2,1-2H3/b18-15+;. The van der Waals surface area contributed by atoms with Crippen molar-refractivity contribution in [3.63, 3.8) is 0 Å². The van der Waals surface area contributed by atoms with E-state index in [1.807, 2.05) is 18.2 Å². The van der Waals surface area contributed by atoms with E-state index in [0.29, 0.717) is 25.2 Å². The number of aldehydes is 1. The molecule has 0 radical (unpaired) electrons. The Morgan fingerprint density at radius 3 is 2.27 bits per heavy atom. The first kappa shape index (κ1) is 39.0. The molecule has 1 aromatic carbocycles. The predicted octanol–water partition coefficient (Wildman–Crippen LogP) is 5.57. The quantitative estimate of drug-likeness (QED) is 0.0484. The highest BCUT2D eigenvalue weighted by atomic mass is 35.5. The summed E-state index contributed by atoms with van der Waals surface area (Å²) in [5, 5.41) is 5.34. The number of benzene rings is 1. The maximum Gasteiger partial charge on any atom is 0.323 e. The number of hydrogen-bond donors (Lipinski definition) is 2. The van der Waals surface area contributed by atoms with Crippen molar-refractivity contribution in [2.45, 2.75) is 71.8 Å². The van der Waals surface area contributed by atoms with Crippen LogP contribution in [0, 0.1) is 0 Å². The number of carbonyl (C=O) groups is 4. The van der Waals surface area contributed by atoms with Gasteiger partial charge in [0.25, 0.3) is 0 Å². The monoisotopic (exact) mass is 657 g/mol. The SMILES string of the molecule is CCCCCOC(=O)CNP(COC1C=CC(N(/C=C(/Cl)C=O)C(=O)NC)O1)Oc1ccccc1.CCCCCOC(C)=O. The molecule has 1 aliphatic heterocycles. The third-order valence-corrected chi connectivity index (χ3v) is 7.10. The van der Waals surface area contributed by atoms with Crippen LogP contribution in [-0.2, 0) is 33.3 Å². The van der Waals surface area contributed by atoms with E-state index in [1.165, 1.54) is 26.6 Å². The van der Waals surface area contributed by atoms with Crippen LogP contribution in [0.3, 0.4) is 0 Å². The highest BCUT2D eigenvalue weighted by molar-refractivity contribution is 7.50. The lowest BCUT2D eigenvalue weighted by Crippen LogP contribution is -2.42. The highest BCUT2D eigenvalue weighted by Gasteiger charge is 2.29.